The summed E-state index contributed by atoms with van der Waals surface area (Å²) in [6, 6.07) is 17.2. The summed E-state index contributed by atoms with van der Waals surface area (Å²) in [6.07, 6.45) is 0.471. The number of aryl methyl sites for hydroxylation is 1. The highest BCUT2D eigenvalue weighted by molar-refractivity contribution is 6.17. The first-order chi connectivity index (χ1) is 11.1. The van der Waals surface area contributed by atoms with Gasteiger partial charge < -0.3 is 4.57 Å². The van der Waals surface area contributed by atoms with E-state index in [-0.39, 0.29) is 11.6 Å². The molecule has 0 aliphatic rings. The molecule has 3 rings (SSSR count). The Kier molecular flexibility index (Phi) is 4.11. The summed E-state index contributed by atoms with van der Waals surface area (Å²) < 4.78 is 2.08. The van der Waals surface area contributed by atoms with E-state index in [1.54, 1.807) is 6.92 Å². The lowest BCUT2D eigenvalue weighted by molar-refractivity contribution is -0.117. The Morgan fingerprint density at radius 3 is 2.30 bits per heavy atom. The summed E-state index contributed by atoms with van der Waals surface area (Å²) in [7, 11) is 0. The van der Waals surface area contributed by atoms with Crippen molar-refractivity contribution >= 4 is 22.5 Å². The molecule has 3 aromatic rings. The molecule has 23 heavy (non-hydrogen) atoms. The molecule has 116 valence electrons. The van der Waals surface area contributed by atoms with Crippen molar-refractivity contribution in [3.8, 4) is 0 Å². The van der Waals surface area contributed by atoms with Crippen LogP contribution in [-0.4, -0.2) is 16.1 Å². The number of hydrogen-bond acceptors (Lipinski definition) is 2. The number of ketones is 2. The van der Waals surface area contributed by atoms with Crippen LogP contribution in [0.15, 0.2) is 54.6 Å². The highest BCUT2D eigenvalue weighted by Gasteiger charge is 2.20. The number of para-hydroxylation sites is 1. The molecule has 0 N–H and O–H groups in total. The third-order valence-electron chi connectivity index (χ3n) is 4.18. The fraction of sp³-hybridized carbons (Fsp3) is 0.200. The van der Waals surface area contributed by atoms with E-state index < -0.39 is 0 Å². The first-order valence-electron chi connectivity index (χ1n) is 7.76. The van der Waals surface area contributed by atoms with E-state index in [9.17, 15) is 9.59 Å². The molecule has 0 atom stereocenters. The fourth-order valence-corrected chi connectivity index (χ4v) is 3.01. The second-order valence-electron chi connectivity index (χ2n) is 5.78. The van der Waals surface area contributed by atoms with Crippen LogP contribution in [0.1, 0.15) is 35.0 Å². The molecule has 3 nitrogen and oxygen atoms in total. The number of nitrogens with zero attached hydrogens (tertiary/aromatic N) is 1. The molecule has 0 saturated carbocycles. The van der Waals surface area contributed by atoms with Crippen molar-refractivity contribution < 1.29 is 9.59 Å². The highest BCUT2D eigenvalue weighted by atomic mass is 16.1. The third-order valence-corrected chi connectivity index (χ3v) is 4.18. The van der Waals surface area contributed by atoms with Crippen LogP contribution in [0.2, 0.25) is 0 Å². The van der Waals surface area contributed by atoms with Gasteiger partial charge in [0.25, 0.3) is 0 Å². The van der Waals surface area contributed by atoms with Gasteiger partial charge in [0.15, 0.2) is 5.78 Å². The standard InChI is InChI=1S/C20H19NO2/c1-14(22)12-13-21-15(2)19(17-10-6-7-11-18(17)21)20(23)16-8-4-3-5-9-16/h3-11H,12-13H2,1-2H3. The molecule has 0 aliphatic carbocycles. The molecule has 0 bridgehead atoms. The lowest BCUT2D eigenvalue weighted by atomic mass is 10.0. The van der Waals surface area contributed by atoms with Gasteiger partial charge in [0.2, 0.25) is 0 Å². The number of hydrogen-bond donors (Lipinski definition) is 0. The minimum Gasteiger partial charge on any atom is -0.344 e. The number of benzene rings is 2. The zero-order valence-electron chi connectivity index (χ0n) is 13.4. The summed E-state index contributed by atoms with van der Waals surface area (Å²) in [5.41, 5.74) is 3.34. The summed E-state index contributed by atoms with van der Waals surface area (Å²) in [6.45, 7) is 4.15. The van der Waals surface area contributed by atoms with Crippen molar-refractivity contribution in [1.29, 1.82) is 0 Å². The van der Waals surface area contributed by atoms with E-state index in [4.69, 9.17) is 0 Å². The Morgan fingerprint density at radius 2 is 1.61 bits per heavy atom. The van der Waals surface area contributed by atoms with Crippen molar-refractivity contribution in [1.82, 2.24) is 4.57 Å². The predicted octanol–water partition coefficient (Wildman–Crippen LogP) is 4.16. The smallest absolute Gasteiger partial charge is 0.195 e. The Bertz CT molecular complexity index is 875. The molecule has 0 fully saturated rings. The Labute approximate surface area is 135 Å². The second kappa shape index (κ2) is 6.21. The van der Waals surface area contributed by atoms with Gasteiger partial charge in [-0.1, -0.05) is 48.5 Å². The number of fused-ring (bicyclic) bond motifs is 1. The van der Waals surface area contributed by atoms with E-state index in [1.807, 2.05) is 61.5 Å². The van der Waals surface area contributed by atoms with Crippen LogP contribution in [0, 0.1) is 6.92 Å². The highest BCUT2D eigenvalue weighted by Crippen LogP contribution is 2.28. The number of Topliss-reactive ketones (excluding diaryl/α,β-unsaturated/α-hetero) is 1. The van der Waals surface area contributed by atoms with Gasteiger partial charge in [-0.05, 0) is 19.9 Å². The molecule has 1 heterocycles. The maximum Gasteiger partial charge on any atom is 0.195 e. The van der Waals surface area contributed by atoms with E-state index in [0.717, 1.165) is 22.2 Å². The van der Waals surface area contributed by atoms with Gasteiger partial charge >= 0.3 is 0 Å². The SMILES string of the molecule is CC(=O)CCn1c(C)c(C(=O)c2ccccc2)c2ccccc21. The van der Waals surface area contributed by atoms with E-state index in [2.05, 4.69) is 4.57 Å². The summed E-state index contributed by atoms with van der Waals surface area (Å²) in [4.78, 5) is 24.3. The van der Waals surface area contributed by atoms with Gasteiger partial charge in [-0.2, -0.15) is 0 Å². The normalized spacial score (nSPS) is 10.9. The first kappa shape index (κ1) is 15.2. The maximum atomic E-state index is 13.0. The van der Waals surface area contributed by atoms with Crippen LogP contribution in [0.3, 0.4) is 0 Å². The first-order valence-corrected chi connectivity index (χ1v) is 7.76. The van der Waals surface area contributed by atoms with Gasteiger partial charge in [0.1, 0.15) is 5.78 Å². The minimum absolute atomic E-state index is 0.0286. The maximum absolute atomic E-state index is 13.0. The average Bonchev–Trinajstić information content (AvgIpc) is 2.84. The molecule has 0 unspecified atom stereocenters. The molecule has 0 amide bonds. The molecule has 0 aliphatic heterocycles. The Morgan fingerprint density at radius 1 is 0.957 bits per heavy atom. The van der Waals surface area contributed by atoms with E-state index >= 15 is 0 Å². The van der Waals surface area contributed by atoms with Gasteiger partial charge in [-0.3, -0.25) is 9.59 Å². The van der Waals surface area contributed by atoms with Crippen LogP contribution < -0.4 is 0 Å². The zero-order valence-corrected chi connectivity index (χ0v) is 13.4. The lowest BCUT2D eigenvalue weighted by Gasteiger charge is -2.07. The second-order valence-corrected chi connectivity index (χ2v) is 5.78. The zero-order chi connectivity index (χ0) is 16.4. The van der Waals surface area contributed by atoms with E-state index in [0.29, 0.717) is 18.5 Å². The van der Waals surface area contributed by atoms with Crippen LogP contribution >= 0.6 is 0 Å². The number of carbonyl (C=O) groups excluding carboxylic acids is 2. The Hall–Kier alpha value is -2.68. The average molecular weight is 305 g/mol. The molecular weight excluding hydrogens is 286 g/mol. The van der Waals surface area contributed by atoms with Crippen molar-refractivity contribution in [3.63, 3.8) is 0 Å². The van der Waals surface area contributed by atoms with Gasteiger partial charge in [-0.15, -0.1) is 0 Å². The van der Waals surface area contributed by atoms with Crippen molar-refractivity contribution in [2.24, 2.45) is 0 Å². The molecule has 0 saturated heterocycles. The largest absolute Gasteiger partial charge is 0.344 e. The van der Waals surface area contributed by atoms with Crippen LogP contribution in [-0.2, 0) is 11.3 Å². The minimum atomic E-state index is 0.0286. The monoisotopic (exact) mass is 305 g/mol. The third kappa shape index (κ3) is 2.82. The van der Waals surface area contributed by atoms with Gasteiger partial charge in [0.05, 0.1) is 5.56 Å². The molecular formula is C20H19NO2. The summed E-state index contributed by atoms with van der Waals surface area (Å²) >= 11 is 0. The number of aromatic nitrogens is 1. The summed E-state index contributed by atoms with van der Waals surface area (Å²) in [5, 5.41) is 0.947. The summed E-state index contributed by atoms with van der Waals surface area (Å²) in [5.74, 6) is 0.180. The van der Waals surface area contributed by atoms with E-state index in [1.165, 1.54) is 0 Å². The van der Waals surface area contributed by atoms with Crippen LogP contribution in [0.5, 0.6) is 0 Å². The van der Waals surface area contributed by atoms with Gasteiger partial charge in [-0.25, -0.2) is 0 Å². The number of carbonyl (C=O) groups is 2. The van der Waals surface area contributed by atoms with Crippen LogP contribution in [0.4, 0.5) is 0 Å². The Balaban J connectivity index is 2.15. The predicted molar refractivity (Wildman–Crippen MR) is 91.8 cm³/mol. The molecule has 3 heteroatoms. The number of rotatable bonds is 5. The molecule has 0 spiro atoms. The lowest BCUT2D eigenvalue weighted by Crippen LogP contribution is -2.07. The van der Waals surface area contributed by atoms with Crippen molar-refractivity contribution in [2.75, 3.05) is 0 Å². The fourth-order valence-electron chi connectivity index (χ4n) is 3.01. The van der Waals surface area contributed by atoms with Gasteiger partial charge in [0, 0.05) is 35.1 Å². The topological polar surface area (TPSA) is 39.1 Å². The quantitative estimate of drug-likeness (QED) is 0.664. The molecule has 2 aromatic carbocycles. The molecule has 1 aromatic heterocycles. The van der Waals surface area contributed by atoms with Crippen molar-refractivity contribution in [3.05, 3.63) is 71.4 Å². The molecule has 0 radical (unpaired) electrons. The van der Waals surface area contributed by atoms with Crippen LogP contribution in [0.25, 0.3) is 10.9 Å². The van der Waals surface area contributed by atoms with Crippen molar-refractivity contribution in [2.45, 2.75) is 26.8 Å².